The molecule has 5 nitrogen and oxygen atoms in total. The van der Waals surface area contributed by atoms with Gasteiger partial charge in [-0.2, -0.15) is 18.3 Å². The predicted octanol–water partition coefficient (Wildman–Crippen LogP) is 1.98. The van der Waals surface area contributed by atoms with Crippen LogP contribution in [0.15, 0.2) is 30.5 Å². The summed E-state index contributed by atoms with van der Waals surface area (Å²) in [6.07, 6.45) is -3.91. The molecule has 2 heterocycles. The van der Waals surface area contributed by atoms with Crippen LogP contribution in [0.4, 0.5) is 17.6 Å². The number of amides is 1. The van der Waals surface area contributed by atoms with E-state index < -0.39 is 29.2 Å². The van der Waals surface area contributed by atoms with Gasteiger partial charge in [-0.3, -0.25) is 4.79 Å². The first-order valence-electron chi connectivity index (χ1n) is 7.26. The largest absolute Gasteiger partial charge is 0.434 e. The maximum atomic E-state index is 13.4. The van der Waals surface area contributed by atoms with Gasteiger partial charge < -0.3 is 10.6 Å². The van der Waals surface area contributed by atoms with E-state index in [4.69, 9.17) is 0 Å². The monoisotopic (exact) mass is 342 g/mol. The molecule has 0 saturated carbocycles. The van der Waals surface area contributed by atoms with Gasteiger partial charge in [0.1, 0.15) is 5.82 Å². The second kappa shape index (κ2) is 6.23. The van der Waals surface area contributed by atoms with Gasteiger partial charge in [0.15, 0.2) is 5.69 Å². The fourth-order valence-electron chi connectivity index (χ4n) is 2.39. The van der Waals surface area contributed by atoms with Crippen LogP contribution in [0.1, 0.15) is 16.1 Å². The van der Waals surface area contributed by atoms with Crippen LogP contribution in [0.5, 0.6) is 0 Å². The summed E-state index contributed by atoms with van der Waals surface area (Å²) < 4.78 is 53.8. The Kier molecular flexibility index (Phi) is 4.27. The van der Waals surface area contributed by atoms with E-state index in [9.17, 15) is 22.4 Å². The molecule has 128 valence electrons. The van der Waals surface area contributed by atoms with Crippen LogP contribution >= 0.6 is 0 Å². The summed E-state index contributed by atoms with van der Waals surface area (Å²) in [5.74, 6) is -1.19. The number of alkyl halides is 3. The smallest absolute Gasteiger partial charge is 0.352 e. The van der Waals surface area contributed by atoms with Gasteiger partial charge in [-0.05, 0) is 24.3 Å². The molecular formula is C15H14F4N4O. The van der Waals surface area contributed by atoms with Crippen molar-refractivity contribution in [1.29, 1.82) is 0 Å². The zero-order chi connectivity index (χ0) is 17.3. The molecule has 1 aliphatic heterocycles. The molecule has 0 atom stereocenters. The SMILES string of the molecule is O=C(NCC1CNC1)c1cnn(-c2ccc(F)cc2)c1C(F)(F)F. The second-order valence-electron chi connectivity index (χ2n) is 5.53. The molecule has 0 unspecified atom stereocenters. The highest BCUT2D eigenvalue weighted by atomic mass is 19.4. The molecule has 0 aliphatic carbocycles. The third-order valence-corrected chi connectivity index (χ3v) is 3.77. The molecule has 1 fully saturated rings. The van der Waals surface area contributed by atoms with Gasteiger partial charge in [0.2, 0.25) is 0 Å². The summed E-state index contributed by atoms with van der Waals surface area (Å²) in [5.41, 5.74) is -1.72. The molecule has 0 bridgehead atoms. The Morgan fingerprint density at radius 1 is 1.29 bits per heavy atom. The highest BCUT2D eigenvalue weighted by Crippen LogP contribution is 2.33. The van der Waals surface area contributed by atoms with Gasteiger partial charge in [0, 0.05) is 25.6 Å². The number of carbonyl (C=O) groups excluding carboxylic acids is 1. The first-order chi connectivity index (χ1) is 11.4. The van der Waals surface area contributed by atoms with Crippen molar-refractivity contribution in [3.05, 3.63) is 47.5 Å². The third-order valence-electron chi connectivity index (χ3n) is 3.77. The van der Waals surface area contributed by atoms with E-state index in [0.29, 0.717) is 11.2 Å². The van der Waals surface area contributed by atoms with Crippen LogP contribution < -0.4 is 10.6 Å². The van der Waals surface area contributed by atoms with Crippen molar-refractivity contribution in [3.8, 4) is 5.69 Å². The Labute approximate surface area is 134 Å². The van der Waals surface area contributed by atoms with Crippen molar-refractivity contribution in [3.63, 3.8) is 0 Å². The standard InChI is InChI=1S/C15H14F4N4O/c16-10-1-3-11(4-2-10)23-13(15(17,18)19)12(8-22-23)14(24)21-7-9-5-20-6-9/h1-4,8-9,20H,5-7H2,(H,21,24). The van der Waals surface area contributed by atoms with Crippen molar-refractivity contribution in [2.45, 2.75) is 6.18 Å². The topological polar surface area (TPSA) is 59.0 Å². The van der Waals surface area contributed by atoms with E-state index >= 15 is 0 Å². The molecule has 1 amide bonds. The number of carbonyl (C=O) groups is 1. The molecule has 2 N–H and O–H groups in total. The quantitative estimate of drug-likeness (QED) is 0.836. The van der Waals surface area contributed by atoms with Gasteiger partial charge in [-0.15, -0.1) is 0 Å². The molecule has 0 spiro atoms. The minimum absolute atomic E-state index is 0.0194. The number of aromatic nitrogens is 2. The summed E-state index contributed by atoms with van der Waals surface area (Å²) >= 11 is 0. The number of halogens is 4. The molecule has 24 heavy (non-hydrogen) atoms. The minimum atomic E-state index is -4.78. The highest BCUT2D eigenvalue weighted by Gasteiger charge is 2.40. The lowest BCUT2D eigenvalue weighted by Crippen LogP contribution is -2.48. The van der Waals surface area contributed by atoms with E-state index in [1.807, 2.05) is 0 Å². The Balaban J connectivity index is 1.91. The van der Waals surface area contributed by atoms with Crippen LogP contribution in [0.2, 0.25) is 0 Å². The van der Waals surface area contributed by atoms with Gasteiger partial charge in [-0.1, -0.05) is 0 Å². The van der Waals surface area contributed by atoms with Crippen molar-refractivity contribution >= 4 is 5.91 Å². The first-order valence-corrected chi connectivity index (χ1v) is 7.26. The van der Waals surface area contributed by atoms with Crippen LogP contribution in [-0.2, 0) is 6.18 Å². The zero-order valence-corrected chi connectivity index (χ0v) is 12.4. The fourth-order valence-corrected chi connectivity index (χ4v) is 2.39. The van der Waals surface area contributed by atoms with E-state index in [-0.39, 0.29) is 11.6 Å². The number of hydrogen-bond donors (Lipinski definition) is 2. The zero-order valence-electron chi connectivity index (χ0n) is 12.4. The van der Waals surface area contributed by atoms with Gasteiger partial charge >= 0.3 is 6.18 Å². The van der Waals surface area contributed by atoms with E-state index in [0.717, 1.165) is 31.4 Å². The van der Waals surface area contributed by atoms with Crippen molar-refractivity contribution in [2.75, 3.05) is 19.6 Å². The Hall–Kier alpha value is -2.42. The maximum Gasteiger partial charge on any atom is 0.434 e. The number of nitrogens with zero attached hydrogens (tertiary/aromatic N) is 2. The summed E-state index contributed by atoms with van der Waals surface area (Å²) in [7, 11) is 0. The second-order valence-corrected chi connectivity index (χ2v) is 5.53. The molecule has 0 radical (unpaired) electrons. The third kappa shape index (κ3) is 3.25. The van der Waals surface area contributed by atoms with Crippen molar-refractivity contribution < 1.29 is 22.4 Å². The molecule has 1 aromatic carbocycles. The number of hydrogen-bond acceptors (Lipinski definition) is 3. The lowest BCUT2D eigenvalue weighted by molar-refractivity contribution is -0.143. The van der Waals surface area contributed by atoms with Crippen molar-refractivity contribution in [2.24, 2.45) is 5.92 Å². The number of rotatable bonds is 4. The van der Waals surface area contributed by atoms with E-state index in [2.05, 4.69) is 15.7 Å². The molecule has 1 aliphatic rings. The lowest BCUT2D eigenvalue weighted by atomic mass is 10.0. The molecule has 3 rings (SSSR count). The fraction of sp³-hybridized carbons (Fsp3) is 0.333. The lowest BCUT2D eigenvalue weighted by Gasteiger charge is -2.27. The first kappa shape index (κ1) is 16.4. The summed E-state index contributed by atoms with van der Waals surface area (Å²) in [5, 5.41) is 9.17. The molecule has 1 saturated heterocycles. The predicted molar refractivity (Wildman–Crippen MR) is 77.2 cm³/mol. The average molecular weight is 342 g/mol. The Bertz CT molecular complexity index is 735. The molecular weight excluding hydrogens is 328 g/mol. The summed E-state index contributed by atoms with van der Waals surface area (Å²) in [6, 6.07) is 4.39. The molecule has 1 aromatic heterocycles. The number of benzene rings is 1. The van der Waals surface area contributed by atoms with Gasteiger partial charge in [0.25, 0.3) is 5.91 Å². The van der Waals surface area contributed by atoms with Crippen LogP contribution in [0.3, 0.4) is 0 Å². The van der Waals surface area contributed by atoms with Crippen LogP contribution in [-0.4, -0.2) is 35.3 Å². The molecule has 2 aromatic rings. The summed E-state index contributed by atoms with van der Waals surface area (Å²) in [6.45, 7) is 1.74. The summed E-state index contributed by atoms with van der Waals surface area (Å²) in [4.78, 5) is 12.1. The molecule has 9 heteroatoms. The van der Waals surface area contributed by atoms with Gasteiger partial charge in [-0.25, -0.2) is 9.07 Å². The highest BCUT2D eigenvalue weighted by molar-refractivity contribution is 5.95. The number of nitrogens with one attached hydrogen (secondary N) is 2. The van der Waals surface area contributed by atoms with E-state index in [1.165, 1.54) is 12.1 Å². The normalized spacial score (nSPS) is 15.2. The van der Waals surface area contributed by atoms with Crippen LogP contribution in [0.25, 0.3) is 5.69 Å². The van der Waals surface area contributed by atoms with Crippen LogP contribution in [0, 0.1) is 11.7 Å². The van der Waals surface area contributed by atoms with Crippen molar-refractivity contribution in [1.82, 2.24) is 20.4 Å². The van der Waals surface area contributed by atoms with E-state index in [1.54, 1.807) is 0 Å². The minimum Gasteiger partial charge on any atom is -0.352 e. The average Bonchev–Trinajstić information content (AvgIpc) is 2.91. The maximum absolute atomic E-state index is 13.4. The Morgan fingerprint density at radius 3 is 2.50 bits per heavy atom. The Morgan fingerprint density at radius 2 is 1.96 bits per heavy atom. The van der Waals surface area contributed by atoms with Gasteiger partial charge in [0.05, 0.1) is 17.4 Å².